The van der Waals surface area contributed by atoms with E-state index in [1.165, 1.54) is 5.56 Å². The average molecular weight is 179 g/mol. The van der Waals surface area contributed by atoms with E-state index >= 15 is 0 Å². The first-order chi connectivity index (χ1) is 6.19. The molecule has 72 valence electrons. The molecule has 0 aromatic carbocycles. The molecule has 0 amide bonds. The molecule has 1 N–H and O–H groups in total. The van der Waals surface area contributed by atoms with Gasteiger partial charge in [0.05, 0.1) is 5.69 Å². The number of hydrogen-bond acceptors (Lipinski definition) is 1. The maximum atomic E-state index is 11.3. The van der Waals surface area contributed by atoms with Crippen molar-refractivity contribution < 1.29 is 4.79 Å². The van der Waals surface area contributed by atoms with Gasteiger partial charge in [0.25, 0.3) is 0 Å². The van der Waals surface area contributed by atoms with Gasteiger partial charge < -0.3 is 4.98 Å². The lowest BCUT2D eigenvalue weighted by atomic mass is 10.0. The SMILES string of the molecule is CCC(=O)c1cc(C(C)CC)c[nH]1. The van der Waals surface area contributed by atoms with Crippen molar-refractivity contribution in [3.8, 4) is 0 Å². The molecule has 2 heteroatoms. The van der Waals surface area contributed by atoms with Crippen molar-refractivity contribution in [2.75, 3.05) is 0 Å². The van der Waals surface area contributed by atoms with Gasteiger partial charge in [-0.1, -0.05) is 20.8 Å². The van der Waals surface area contributed by atoms with E-state index in [4.69, 9.17) is 0 Å². The topological polar surface area (TPSA) is 32.9 Å². The zero-order valence-electron chi connectivity index (χ0n) is 8.55. The number of hydrogen-bond donors (Lipinski definition) is 1. The van der Waals surface area contributed by atoms with Crippen LogP contribution in [0.1, 0.15) is 55.6 Å². The molecule has 0 aliphatic rings. The Bertz CT molecular complexity index is 288. The molecule has 2 nitrogen and oxygen atoms in total. The van der Waals surface area contributed by atoms with Crippen LogP contribution in [0.4, 0.5) is 0 Å². The fraction of sp³-hybridized carbons (Fsp3) is 0.545. The first-order valence-electron chi connectivity index (χ1n) is 4.90. The summed E-state index contributed by atoms with van der Waals surface area (Å²) in [6, 6.07) is 1.97. The monoisotopic (exact) mass is 179 g/mol. The molecule has 1 unspecified atom stereocenters. The third kappa shape index (κ3) is 2.20. The van der Waals surface area contributed by atoms with Gasteiger partial charge in [-0.2, -0.15) is 0 Å². The molecule has 1 aromatic rings. The number of aromatic nitrogens is 1. The largest absolute Gasteiger partial charge is 0.359 e. The summed E-state index contributed by atoms with van der Waals surface area (Å²) in [5.74, 6) is 0.726. The lowest BCUT2D eigenvalue weighted by molar-refractivity contribution is 0.0984. The maximum absolute atomic E-state index is 11.3. The van der Waals surface area contributed by atoms with E-state index < -0.39 is 0 Å². The molecule has 1 atom stereocenters. The van der Waals surface area contributed by atoms with E-state index in [1.807, 2.05) is 19.2 Å². The Balaban J connectivity index is 2.80. The van der Waals surface area contributed by atoms with Crippen molar-refractivity contribution in [3.05, 3.63) is 23.5 Å². The van der Waals surface area contributed by atoms with Gasteiger partial charge in [0.2, 0.25) is 0 Å². The minimum absolute atomic E-state index is 0.189. The lowest BCUT2D eigenvalue weighted by Crippen LogP contribution is -1.95. The van der Waals surface area contributed by atoms with Crippen molar-refractivity contribution in [2.24, 2.45) is 0 Å². The van der Waals surface area contributed by atoms with Crippen LogP contribution >= 0.6 is 0 Å². The fourth-order valence-electron chi connectivity index (χ4n) is 1.28. The van der Waals surface area contributed by atoms with E-state index in [2.05, 4.69) is 18.8 Å². The molecule has 0 aliphatic carbocycles. The highest BCUT2D eigenvalue weighted by Crippen LogP contribution is 2.19. The Morgan fingerprint density at radius 2 is 2.23 bits per heavy atom. The van der Waals surface area contributed by atoms with Crippen molar-refractivity contribution >= 4 is 5.78 Å². The van der Waals surface area contributed by atoms with Crippen LogP contribution < -0.4 is 0 Å². The number of ketones is 1. The number of nitrogens with one attached hydrogen (secondary N) is 1. The van der Waals surface area contributed by atoms with Crippen LogP contribution in [0.2, 0.25) is 0 Å². The molecule has 0 saturated carbocycles. The molecule has 1 rings (SSSR count). The minimum Gasteiger partial charge on any atom is -0.359 e. The van der Waals surface area contributed by atoms with E-state index in [9.17, 15) is 4.79 Å². The molecular weight excluding hydrogens is 162 g/mol. The van der Waals surface area contributed by atoms with E-state index in [0.717, 1.165) is 12.1 Å². The summed E-state index contributed by atoms with van der Waals surface area (Å²) in [5.41, 5.74) is 1.98. The molecule has 0 fully saturated rings. The highest BCUT2D eigenvalue weighted by molar-refractivity contribution is 5.94. The van der Waals surface area contributed by atoms with E-state index in [1.54, 1.807) is 0 Å². The van der Waals surface area contributed by atoms with Crippen molar-refractivity contribution in [1.82, 2.24) is 4.98 Å². The fourth-order valence-corrected chi connectivity index (χ4v) is 1.28. The number of Topliss-reactive ketones (excluding diaryl/α,β-unsaturated/α-hetero) is 1. The quantitative estimate of drug-likeness (QED) is 0.708. The van der Waals surface area contributed by atoms with Gasteiger partial charge in [-0.15, -0.1) is 0 Å². The second kappa shape index (κ2) is 4.26. The molecule has 0 aliphatic heterocycles. The third-order valence-electron chi connectivity index (χ3n) is 2.51. The molecule has 0 saturated heterocycles. The Hall–Kier alpha value is -1.05. The minimum atomic E-state index is 0.189. The summed E-state index contributed by atoms with van der Waals surface area (Å²) >= 11 is 0. The average Bonchev–Trinajstić information content (AvgIpc) is 2.64. The first kappa shape index (κ1) is 10.0. The Morgan fingerprint density at radius 3 is 2.77 bits per heavy atom. The third-order valence-corrected chi connectivity index (χ3v) is 2.51. The highest BCUT2D eigenvalue weighted by atomic mass is 16.1. The zero-order chi connectivity index (χ0) is 9.84. The van der Waals surface area contributed by atoms with Crippen LogP contribution in [0.5, 0.6) is 0 Å². The van der Waals surface area contributed by atoms with Gasteiger partial charge >= 0.3 is 0 Å². The van der Waals surface area contributed by atoms with E-state index in [0.29, 0.717) is 12.3 Å². The van der Waals surface area contributed by atoms with Crippen molar-refractivity contribution in [1.29, 1.82) is 0 Å². The smallest absolute Gasteiger partial charge is 0.178 e. The Morgan fingerprint density at radius 1 is 1.54 bits per heavy atom. The molecule has 13 heavy (non-hydrogen) atoms. The van der Waals surface area contributed by atoms with Crippen LogP contribution in [-0.4, -0.2) is 10.8 Å². The molecular formula is C11H17NO. The van der Waals surface area contributed by atoms with Crippen LogP contribution in [0.25, 0.3) is 0 Å². The number of aromatic amines is 1. The van der Waals surface area contributed by atoms with Gasteiger partial charge in [0.1, 0.15) is 0 Å². The van der Waals surface area contributed by atoms with Gasteiger partial charge in [-0.05, 0) is 24.0 Å². The zero-order valence-corrected chi connectivity index (χ0v) is 8.55. The molecule has 1 heterocycles. The van der Waals surface area contributed by atoms with Gasteiger partial charge in [-0.3, -0.25) is 4.79 Å². The molecule has 0 spiro atoms. The summed E-state index contributed by atoms with van der Waals surface area (Å²) in [7, 11) is 0. The normalized spacial score (nSPS) is 12.8. The second-order valence-electron chi connectivity index (χ2n) is 3.43. The van der Waals surface area contributed by atoms with Crippen molar-refractivity contribution in [3.63, 3.8) is 0 Å². The first-order valence-corrected chi connectivity index (χ1v) is 4.90. The number of rotatable bonds is 4. The predicted octanol–water partition coefficient (Wildman–Crippen LogP) is 3.12. The summed E-state index contributed by atoms with van der Waals surface area (Å²) in [6.45, 7) is 6.20. The summed E-state index contributed by atoms with van der Waals surface area (Å²) in [6.07, 6.45) is 3.62. The highest BCUT2D eigenvalue weighted by Gasteiger charge is 2.09. The Kier molecular flexibility index (Phi) is 3.29. The number of carbonyl (C=O) groups is 1. The van der Waals surface area contributed by atoms with E-state index in [-0.39, 0.29) is 5.78 Å². The number of H-pyrrole nitrogens is 1. The summed E-state index contributed by atoms with van der Waals surface area (Å²) < 4.78 is 0. The number of carbonyl (C=O) groups excluding carboxylic acids is 1. The molecule has 0 bridgehead atoms. The Labute approximate surface area is 79.4 Å². The lowest BCUT2D eigenvalue weighted by Gasteiger charge is -2.03. The predicted molar refractivity (Wildman–Crippen MR) is 54.1 cm³/mol. The van der Waals surface area contributed by atoms with Crippen molar-refractivity contribution in [2.45, 2.75) is 39.5 Å². The summed E-state index contributed by atoms with van der Waals surface area (Å²) in [5, 5.41) is 0. The van der Waals surface area contributed by atoms with Crippen LogP contribution in [0.3, 0.4) is 0 Å². The summed E-state index contributed by atoms with van der Waals surface area (Å²) in [4.78, 5) is 14.3. The van der Waals surface area contributed by atoms with Crippen LogP contribution in [0.15, 0.2) is 12.3 Å². The van der Waals surface area contributed by atoms with Gasteiger partial charge in [-0.25, -0.2) is 0 Å². The molecule has 0 radical (unpaired) electrons. The van der Waals surface area contributed by atoms with Crippen LogP contribution in [0, 0.1) is 0 Å². The van der Waals surface area contributed by atoms with Gasteiger partial charge in [0.15, 0.2) is 5.78 Å². The molecule has 1 aromatic heterocycles. The standard InChI is InChI=1S/C11H17NO/c1-4-8(3)9-6-10(12-7-9)11(13)5-2/h6-8,12H,4-5H2,1-3H3. The van der Waals surface area contributed by atoms with Gasteiger partial charge in [0, 0.05) is 12.6 Å². The van der Waals surface area contributed by atoms with Crippen LogP contribution in [-0.2, 0) is 0 Å². The second-order valence-corrected chi connectivity index (χ2v) is 3.43. The maximum Gasteiger partial charge on any atom is 0.178 e.